The first-order valence-electron chi connectivity index (χ1n) is 7.11. The zero-order valence-corrected chi connectivity index (χ0v) is 12.9. The van der Waals surface area contributed by atoms with Gasteiger partial charge in [-0.05, 0) is 43.6 Å². The number of aliphatic hydroxyl groups excluding tert-OH is 1. The second-order valence-corrected chi connectivity index (χ2v) is 7.10. The van der Waals surface area contributed by atoms with E-state index in [-0.39, 0.29) is 5.41 Å². The molecule has 1 saturated heterocycles. The summed E-state index contributed by atoms with van der Waals surface area (Å²) in [6.07, 6.45) is 5.14. The summed E-state index contributed by atoms with van der Waals surface area (Å²) in [4.78, 5) is 0.930. The van der Waals surface area contributed by atoms with Crippen LogP contribution in [-0.2, 0) is 10.2 Å². The van der Waals surface area contributed by atoms with E-state index in [0.717, 1.165) is 36.4 Å². The van der Waals surface area contributed by atoms with Crippen LogP contribution in [0.1, 0.15) is 69.6 Å². The van der Waals surface area contributed by atoms with E-state index in [4.69, 9.17) is 4.74 Å². The van der Waals surface area contributed by atoms with Crippen molar-refractivity contribution in [1.29, 1.82) is 0 Å². The van der Waals surface area contributed by atoms with Gasteiger partial charge in [0.05, 0.1) is 22.8 Å². The van der Waals surface area contributed by atoms with E-state index in [2.05, 4.69) is 30.4 Å². The van der Waals surface area contributed by atoms with Gasteiger partial charge in [-0.15, -0.1) is 5.10 Å². The molecule has 1 fully saturated rings. The van der Waals surface area contributed by atoms with Crippen LogP contribution in [0.3, 0.4) is 0 Å². The highest BCUT2D eigenvalue weighted by Crippen LogP contribution is 2.32. The van der Waals surface area contributed by atoms with E-state index >= 15 is 0 Å². The molecule has 5 heteroatoms. The molecule has 1 aromatic heterocycles. The topological polar surface area (TPSA) is 55.2 Å². The monoisotopic (exact) mass is 284 g/mol. The third-order valence-corrected chi connectivity index (χ3v) is 4.38. The van der Waals surface area contributed by atoms with Crippen molar-refractivity contribution < 1.29 is 9.84 Å². The van der Waals surface area contributed by atoms with Crippen molar-refractivity contribution in [3.8, 4) is 0 Å². The predicted molar refractivity (Wildman–Crippen MR) is 76.4 cm³/mol. The summed E-state index contributed by atoms with van der Waals surface area (Å²) in [5, 5.41) is 14.5. The van der Waals surface area contributed by atoms with E-state index in [1.807, 2.05) is 0 Å². The van der Waals surface area contributed by atoms with Gasteiger partial charge < -0.3 is 9.84 Å². The molecule has 1 aliphatic rings. The molecule has 0 amide bonds. The van der Waals surface area contributed by atoms with E-state index in [1.165, 1.54) is 24.4 Å². The summed E-state index contributed by atoms with van der Waals surface area (Å²) in [5.74, 6) is 0. The van der Waals surface area contributed by atoms with Crippen LogP contribution in [0, 0.1) is 0 Å². The zero-order valence-electron chi connectivity index (χ0n) is 12.1. The maximum absolute atomic E-state index is 10.3. The lowest BCUT2D eigenvalue weighted by atomic mass is 9.90. The number of rotatable bonds is 5. The number of aliphatic hydroxyl groups is 1. The third-order valence-electron chi connectivity index (χ3n) is 3.55. The quantitative estimate of drug-likeness (QED) is 0.902. The zero-order chi connectivity index (χ0) is 13.9. The molecule has 1 aliphatic heterocycles. The maximum atomic E-state index is 10.3. The number of nitrogens with zero attached hydrogens (tertiary/aromatic N) is 2. The van der Waals surface area contributed by atoms with Crippen molar-refractivity contribution in [2.45, 2.75) is 70.5 Å². The molecule has 1 aromatic rings. The van der Waals surface area contributed by atoms with Gasteiger partial charge in [-0.1, -0.05) is 25.3 Å². The SMILES string of the molecule is CC(C)(C)c1nnsc1C(O)CCCC1CCCO1. The van der Waals surface area contributed by atoms with Crippen molar-refractivity contribution >= 4 is 11.5 Å². The molecular weight excluding hydrogens is 260 g/mol. The lowest BCUT2D eigenvalue weighted by Crippen LogP contribution is -2.16. The predicted octanol–water partition coefficient (Wildman–Crippen LogP) is 3.22. The molecule has 0 aliphatic carbocycles. The molecule has 4 nitrogen and oxygen atoms in total. The Morgan fingerprint density at radius 1 is 1.47 bits per heavy atom. The van der Waals surface area contributed by atoms with Crippen molar-refractivity contribution in [1.82, 2.24) is 9.59 Å². The average molecular weight is 284 g/mol. The maximum Gasteiger partial charge on any atom is 0.0917 e. The average Bonchev–Trinajstić information content (AvgIpc) is 2.98. The highest BCUT2D eigenvalue weighted by molar-refractivity contribution is 7.05. The highest BCUT2D eigenvalue weighted by atomic mass is 32.1. The Balaban J connectivity index is 1.85. The smallest absolute Gasteiger partial charge is 0.0917 e. The lowest BCUT2D eigenvalue weighted by Gasteiger charge is -2.19. The molecule has 19 heavy (non-hydrogen) atoms. The van der Waals surface area contributed by atoms with E-state index in [9.17, 15) is 5.11 Å². The normalized spacial score (nSPS) is 21.8. The number of hydrogen-bond donors (Lipinski definition) is 1. The molecule has 0 saturated carbocycles. The van der Waals surface area contributed by atoms with E-state index in [0.29, 0.717) is 6.10 Å². The van der Waals surface area contributed by atoms with Crippen molar-refractivity contribution in [3.63, 3.8) is 0 Å². The van der Waals surface area contributed by atoms with Gasteiger partial charge in [-0.3, -0.25) is 0 Å². The van der Waals surface area contributed by atoms with Gasteiger partial charge in [0.1, 0.15) is 0 Å². The van der Waals surface area contributed by atoms with Crippen LogP contribution in [0.15, 0.2) is 0 Å². The Labute approximate surface area is 119 Å². The van der Waals surface area contributed by atoms with Crippen LogP contribution < -0.4 is 0 Å². The van der Waals surface area contributed by atoms with Crippen LogP contribution in [0.5, 0.6) is 0 Å². The first kappa shape index (κ1) is 14.9. The molecule has 0 spiro atoms. The van der Waals surface area contributed by atoms with Crippen molar-refractivity contribution in [2.75, 3.05) is 6.61 Å². The van der Waals surface area contributed by atoms with Gasteiger partial charge in [-0.2, -0.15) is 0 Å². The second-order valence-electron chi connectivity index (χ2n) is 6.32. The van der Waals surface area contributed by atoms with Crippen LogP contribution in [0.4, 0.5) is 0 Å². The van der Waals surface area contributed by atoms with Gasteiger partial charge in [0.25, 0.3) is 0 Å². The third kappa shape index (κ3) is 3.97. The summed E-state index contributed by atoms with van der Waals surface area (Å²) in [6.45, 7) is 7.21. The summed E-state index contributed by atoms with van der Waals surface area (Å²) in [5.41, 5.74) is 0.875. The van der Waals surface area contributed by atoms with Gasteiger partial charge in [0.2, 0.25) is 0 Å². The van der Waals surface area contributed by atoms with Crippen LogP contribution in [-0.4, -0.2) is 27.4 Å². The molecule has 1 N–H and O–H groups in total. The minimum Gasteiger partial charge on any atom is -0.387 e. The van der Waals surface area contributed by atoms with E-state index < -0.39 is 6.10 Å². The molecular formula is C14H24N2O2S. The fourth-order valence-electron chi connectivity index (χ4n) is 2.48. The molecule has 108 valence electrons. The molecule has 2 unspecified atom stereocenters. The van der Waals surface area contributed by atoms with Gasteiger partial charge in [-0.25, -0.2) is 0 Å². The van der Waals surface area contributed by atoms with Gasteiger partial charge >= 0.3 is 0 Å². The Morgan fingerprint density at radius 2 is 2.26 bits per heavy atom. The minimum atomic E-state index is -0.435. The summed E-state index contributed by atoms with van der Waals surface area (Å²) < 4.78 is 9.60. The van der Waals surface area contributed by atoms with Gasteiger partial charge in [0.15, 0.2) is 0 Å². The molecule has 0 bridgehead atoms. The van der Waals surface area contributed by atoms with Crippen LogP contribution in [0.2, 0.25) is 0 Å². The fraction of sp³-hybridized carbons (Fsp3) is 0.857. The fourth-order valence-corrected chi connectivity index (χ4v) is 3.36. The first-order chi connectivity index (χ1) is 8.98. The van der Waals surface area contributed by atoms with Gasteiger partial charge in [0, 0.05) is 12.0 Å². The summed E-state index contributed by atoms with van der Waals surface area (Å²) >= 11 is 1.32. The van der Waals surface area contributed by atoms with Crippen LogP contribution >= 0.6 is 11.5 Å². The minimum absolute atomic E-state index is 0.0577. The standard InChI is InChI=1S/C14H24N2O2S/c1-14(2,3)13-12(19-16-15-13)11(17)8-4-6-10-7-5-9-18-10/h10-11,17H,4-9H2,1-3H3. The number of hydrogen-bond acceptors (Lipinski definition) is 5. The number of aromatic nitrogens is 2. The molecule has 2 rings (SSSR count). The number of ether oxygens (including phenoxy) is 1. The second kappa shape index (κ2) is 6.29. The highest BCUT2D eigenvalue weighted by Gasteiger charge is 2.26. The lowest BCUT2D eigenvalue weighted by molar-refractivity contribution is 0.0946. The first-order valence-corrected chi connectivity index (χ1v) is 7.88. The summed E-state index contributed by atoms with van der Waals surface area (Å²) in [6, 6.07) is 0. The molecule has 2 atom stereocenters. The molecule has 2 heterocycles. The van der Waals surface area contributed by atoms with Crippen molar-refractivity contribution in [3.05, 3.63) is 10.6 Å². The molecule has 0 radical (unpaired) electrons. The van der Waals surface area contributed by atoms with Crippen molar-refractivity contribution in [2.24, 2.45) is 0 Å². The Morgan fingerprint density at radius 3 is 2.89 bits per heavy atom. The largest absolute Gasteiger partial charge is 0.387 e. The Bertz CT molecular complexity index is 394. The Hall–Kier alpha value is -0.520. The Kier molecular flexibility index (Phi) is 4.92. The van der Waals surface area contributed by atoms with E-state index in [1.54, 1.807) is 0 Å². The van der Waals surface area contributed by atoms with Crippen LogP contribution in [0.25, 0.3) is 0 Å². The summed E-state index contributed by atoms with van der Waals surface area (Å²) in [7, 11) is 0. The molecule has 0 aromatic carbocycles.